The molecule has 0 saturated heterocycles. The molecule has 3 heteroatoms. The van der Waals surface area contributed by atoms with Gasteiger partial charge in [0, 0.05) is 44.8 Å². The molecule has 28 heavy (non-hydrogen) atoms. The Bertz CT molecular complexity index is 1110. The van der Waals surface area contributed by atoms with E-state index in [9.17, 15) is 4.79 Å². The van der Waals surface area contributed by atoms with Crippen LogP contribution < -0.4 is 0 Å². The topological polar surface area (TPSA) is 20.3 Å². The van der Waals surface area contributed by atoms with Gasteiger partial charge in [-0.25, -0.2) is 0 Å². The van der Waals surface area contributed by atoms with E-state index in [4.69, 9.17) is 0 Å². The summed E-state index contributed by atoms with van der Waals surface area (Å²) in [4.78, 5) is 17.2. The summed E-state index contributed by atoms with van der Waals surface area (Å²) in [5, 5.41) is 1.24. The second kappa shape index (κ2) is 6.31. The maximum atomic E-state index is 13.4. The first-order valence-corrected chi connectivity index (χ1v) is 10.8. The Hall–Kier alpha value is -2.39. The molecule has 1 aliphatic carbocycles. The first-order valence-electron chi connectivity index (χ1n) is 10.0. The van der Waals surface area contributed by atoms with Crippen LogP contribution in [0, 0.1) is 5.41 Å². The predicted molar refractivity (Wildman–Crippen MR) is 117 cm³/mol. The number of nitrogens with zero attached hydrogens (tertiary/aromatic N) is 1. The molecule has 0 saturated carbocycles. The lowest BCUT2D eigenvalue weighted by Gasteiger charge is -2.44. The number of hydrogen-bond acceptors (Lipinski definition) is 3. The first-order chi connectivity index (χ1) is 13.4. The van der Waals surface area contributed by atoms with E-state index in [0.717, 1.165) is 18.5 Å². The monoisotopic (exact) mass is 387 g/mol. The average molecular weight is 388 g/mol. The minimum Gasteiger partial charge on any atom is -0.362 e. The fraction of sp³-hybridized carbons (Fsp3) is 0.320. The van der Waals surface area contributed by atoms with Crippen LogP contribution in [0.5, 0.6) is 0 Å². The van der Waals surface area contributed by atoms with Gasteiger partial charge in [-0.15, -0.1) is 11.3 Å². The zero-order valence-corrected chi connectivity index (χ0v) is 17.5. The molecule has 0 spiro atoms. The van der Waals surface area contributed by atoms with E-state index >= 15 is 0 Å². The van der Waals surface area contributed by atoms with Crippen LogP contribution in [0.15, 0.2) is 60.3 Å². The van der Waals surface area contributed by atoms with Crippen LogP contribution in [0.3, 0.4) is 0 Å². The number of allylic oxidation sites excluding steroid dienone is 2. The van der Waals surface area contributed by atoms with E-state index in [1.165, 1.54) is 31.8 Å². The molecular weight excluding hydrogens is 362 g/mol. The molecule has 142 valence electrons. The summed E-state index contributed by atoms with van der Waals surface area (Å²) in [6.45, 7) is 7.59. The molecule has 5 rings (SSSR count). The summed E-state index contributed by atoms with van der Waals surface area (Å²) in [5.74, 6) is 0.306. The lowest BCUT2D eigenvalue weighted by molar-refractivity contribution is -0.116. The van der Waals surface area contributed by atoms with E-state index in [2.05, 4.69) is 80.3 Å². The van der Waals surface area contributed by atoms with Crippen LogP contribution in [0.1, 0.15) is 55.7 Å². The van der Waals surface area contributed by atoms with Gasteiger partial charge >= 0.3 is 0 Å². The molecule has 0 N–H and O–H groups in total. The van der Waals surface area contributed by atoms with Crippen molar-refractivity contribution in [1.29, 1.82) is 0 Å². The van der Waals surface area contributed by atoms with Crippen molar-refractivity contribution in [2.24, 2.45) is 5.41 Å². The van der Waals surface area contributed by atoms with Crippen LogP contribution in [0.4, 0.5) is 0 Å². The van der Waals surface area contributed by atoms with Gasteiger partial charge in [0.05, 0.1) is 6.04 Å². The summed E-state index contributed by atoms with van der Waals surface area (Å²) >= 11 is 1.85. The molecule has 1 aliphatic heterocycles. The lowest BCUT2D eigenvalue weighted by atomic mass is 9.72. The van der Waals surface area contributed by atoms with Crippen LogP contribution >= 0.6 is 11.3 Å². The fourth-order valence-electron chi connectivity index (χ4n) is 4.82. The molecule has 0 bridgehead atoms. The molecule has 3 aromatic rings. The van der Waals surface area contributed by atoms with E-state index < -0.39 is 0 Å². The Morgan fingerprint density at radius 2 is 1.75 bits per heavy atom. The van der Waals surface area contributed by atoms with Gasteiger partial charge < -0.3 is 4.90 Å². The number of hydrogen-bond donors (Lipinski definition) is 0. The highest BCUT2D eigenvalue weighted by atomic mass is 32.1. The second-order valence-electron chi connectivity index (χ2n) is 8.89. The third kappa shape index (κ3) is 2.72. The minimum absolute atomic E-state index is 0.00784. The van der Waals surface area contributed by atoms with Crippen molar-refractivity contribution in [1.82, 2.24) is 4.90 Å². The van der Waals surface area contributed by atoms with Crippen molar-refractivity contribution in [3.8, 4) is 0 Å². The third-order valence-electron chi connectivity index (χ3n) is 6.11. The maximum absolute atomic E-state index is 13.4. The van der Waals surface area contributed by atoms with E-state index in [1.54, 1.807) is 0 Å². The Morgan fingerprint density at radius 3 is 2.54 bits per heavy atom. The van der Waals surface area contributed by atoms with Gasteiger partial charge in [-0.05, 0) is 30.4 Å². The normalized spacial score (nSPS) is 21.0. The number of Topliss-reactive ketones (excluding diaryl/α,β-unsaturated/α-hetero) is 1. The number of benzene rings is 2. The number of ketones is 1. The van der Waals surface area contributed by atoms with Gasteiger partial charge in [0.2, 0.25) is 0 Å². The third-order valence-corrected chi connectivity index (χ3v) is 7.46. The van der Waals surface area contributed by atoms with Crippen molar-refractivity contribution in [2.75, 3.05) is 0 Å². The van der Waals surface area contributed by atoms with Crippen LogP contribution in [-0.2, 0) is 11.3 Å². The van der Waals surface area contributed by atoms with Crippen LogP contribution in [0.25, 0.3) is 15.7 Å². The largest absolute Gasteiger partial charge is 0.362 e. The SMILES string of the molecule is CC1c2sc3ccccc3c2C2=C(CC(C)(C)CC2=O)N1Cc1ccccc1. The number of carbonyl (C=O) groups is 1. The molecule has 0 amide bonds. The van der Waals surface area contributed by atoms with Gasteiger partial charge in [0.25, 0.3) is 0 Å². The van der Waals surface area contributed by atoms with E-state index in [-0.39, 0.29) is 11.5 Å². The summed E-state index contributed by atoms with van der Waals surface area (Å²) in [5.41, 5.74) is 4.75. The minimum atomic E-state index is 0.00784. The van der Waals surface area contributed by atoms with Crippen molar-refractivity contribution in [3.05, 3.63) is 76.3 Å². The van der Waals surface area contributed by atoms with Crippen LogP contribution in [0.2, 0.25) is 0 Å². The molecule has 0 fully saturated rings. The zero-order valence-electron chi connectivity index (χ0n) is 16.7. The summed E-state index contributed by atoms with van der Waals surface area (Å²) in [6, 6.07) is 19.4. The molecule has 2 nitrogen and oxygen atoms in total. The molecule has 1 atom stereocenters. The van der Waals surface area contributed by atoms with Crippen molar-refractivity contribution >= 4 is 32.8 Å². The highest BCUT2D eigenvalue weighted by Crippen LogP contribution is 2.53. The van der Waals surface area contributed by atoms with Gasteiger partial charge in [0.15, 0.2) is 5.78 Å². The quantitative estimate of drug-likeness (QED) is 0.495. The lowest BCUT2D eigenvalue weighted by Crippen LogP contribution is -2.37. The van der Waals surface area contributed by atoms with Gasteiger partial charge in [0.1, 0.15) is 0 Å². The highest BCUT2D eigenvalue weighted by Gasteiger charge is 2.42. The number of rotatable bonds is 2. The summed E-state index contributed by atoms with van der Waals surface area (Å²) < 4.78 is 1.28. The molecule has 1 aromatic heterocycles. The zero-order chi connectivity index (χ0) is 19.5. The molecule has 2 heterocycles. The maximum Gasteiger partial charge on any atom is 0.165 e. The molecule has 1 unspecified atom stereocenters. The fourth-order valence-corrected chi connectivity index (χ4v) is 6.10. The van der Waals surface area contributed by atoms with Gasteiger partial charge in [-0.2, -0.15) is 0 Å². The van der Waals surface area contributed by atoms with Crippen molar-refractivity contribution < 1.29 is 4.79 Å². The van der Waals surface area contributed by atoms with Gasteiger partial charge in [-0.3, -0.25) is 4.79 Å². The molecule has 2 aliphatic rings. The summed E-state index contributed by atoms with van der Waals surface area (Å²) in [7, 11) is 0. The number of thiophene rings is 1. The smallest absolute Gasteiger partial charge is 0.165 e. The van der Waals surface area contributed by atoms with E-state index in [1.807, 2.05) is 11.3 Å². The van der Waals surface area contributed by atoms with E-state index in [0.29, 0.717) is 12.2 Å². The molecular formula is C25H25NOS. The first kappa shape index (κ1) is 17.7. The van der Waals surface area contributed by atoms with Crippen molar-refractivity contribution in [3.63, 3.8) is 0 Å². The average Bonchev–Trinajstić information content (AvgIpc) is 3.04. The Balaban J connectivity index is 1.74. The Kier molecular flexibility index (Phi) is 3.99. The Labute approximate surface area is 170 Å². The summed E-state index contributed by atoms with van der Waals surface area (Å²) in [6.07, 6.45) is 1.58. The number of fused-ring (bicyclic) bond motifs is 4. The van der Waals surface area contributed by atoms with Crippen LogP contribution in [-0.4, -0.2) is 10.7 Å². The standard InChI is InChI=1S/C25H25NOS/c1-16-24-22(18-11-7-8-12-21(18)28-24)23-19(13-25(2,3)14-20(23)27)26(16)15-17-9-5-4-6-10-17/h4-12,16H,13-15H2,1-3H3. The second-order valence-corrected chi connectivity index (χ2v) is 9.97. The highest BCUT2D eigenvalue weighted by molar-refractivity contribution is 7.19. The van der Waals surface area contributed by atoms with Gasteiger partial charge in [-0.1, -0.05) is 62.4 Å². The Morgan fingerprint density at radius 1 is 1.04 bits per heavy atom. The molecule has 2 aromatic carbocycles. The number of carbonyl (C=O) groups excluding carboxylic acids is 1. The predicted octanol–water partition coefficient (Wildman–Crippen LogP) is 6.58. The van der Waals surface area contributed by atoms with Crippen molar-refractivity contribution in [2.45, 2.75) is 46.2 Å². The molecule has 0 radical (unpaired) electrons.